The van der Waals surface area contributed by atoms with Crippen LogP contribution in [0.15, 0.2) is 53.6 Å². The second-order valence-corrected chi connectivity index (χ2v) is 8.53. The summed E-state index contributed by atoms with van der Waals surface area (Å²) in [5.41, 5.74) is -15.6. The van der Waals surface area contributed by atoms with Gasteiger partial charge in [-0.1, -0.05) is 23.7 Å². The molecule has 0 aliphatic rings. The molecule has 0 bridgehead atoms. The minimum absolute atomic E-state index is 0.181. The fraction of sp³-hybridized carbons (Fsp3) is 0.200. The number of alkyl halides is 10. The summed E-state index contributed by atoms with van der Waals surface area (Å²) >= 11 is 4.25. The third-order valence-corrected chi connectivity index (χ3v) is 5.72. The number of carbonyl (C=O) groups is 1. The third-order valence-electron chi connectivity index (χ3n) is 4.67. The number of hydrogen-bond donors (Lipinski definition) is 0. The van der Waals surface area contributed by atoms with Gasteiger partial charge in [-0.05, 0) is 42.1 Å². The van der Waals surface area contributed by atoms with Crippen LogP contribution in [0.1, 0.15) is 15.9 Å². The van der Waals surface area contributed by atoms with Crippen molar-refractivity contribution < 1.29 is 48.7 Å². The number of pyridine rings is 1. The van der Waals surface area contributed by atoms with Crippen LogP contribution in [0.3, 0.4) is 0 Å². The molecule has 36 heavy (non-hydrogen) atoms. The lowest BCUT2D eigenvalue weighted by Gasteiger charge is -2.34. The molecule has 0 saturated heterocycles. The Morgan fingerprint density at radius 3 is 2.08 bits per heavy atom. The van der Waals surface area contributed by atoms with Gasteiger partial charge in [-0.15, -0.1) is 0 Å². The molecule has 0 spiro atoms. The Balaban J connectivity index is 2.19. The van der Waals surface area contributed by atoms with Gasteiger partial charge in [-0.3, -0.25) is 9.78 Å². The molecule has 194 valence electrons. The molecular formula is C20H8ClF10N2O2S-. The van der Waals surface area contributed by atoms with Gasteiger partial charge in [-0.2, -0.15) is 39.5 Å². The van der Waals surface area contributed by atoms with Crippen LogP contribution in [0, 0.1) is 5.21 Å². The third kappa shape index (κ3) is 5.18. The Kier molecular flexibility index (Phi) is 7.16. The van der Waals surface area contributed by atoms with Gasteiger partial charge in [0.1, 0.15) is 0 Å². The molecular weight excluding hydrogens is 558 g/mol. The van der Waals surface area contributed by atoms with Crippen LogP contribution in [-0.4, -0.2) is 28.8 Å². The highest BCUT2D eigenvalue weighted by atomic mass is 35.5. The van der Waals surface area contributed by atoms with Gasteiger partial charge in [0.25, 0.3) is 0 Å². The number of nitrogens with zero attached hydrogens (tertiary/aromatic N) is 2. The van der Waals surface area contributed by atoms with E-state index < -0.39 is 79.1 Å². The van der Waals surface area contributed by atoms with Crippen molar-refractivity contribution in [2.24, 2.45) is 0 Å². The van der Waals surface area contributed by atoms with Crippen molar-refractivity contribution in [2.45, 2.75) is 28.4 Å². The molecule has 1 aromatic heterocycles. The number of carbonyl (C=O) groups excluding carboxylic acids is 1. The minimum atomic E-state index is -6.67. The molecule has 1 amide bonds. The van der Waals surface area contributed by atoms with Crippen LogP contribution in [-0.2, 0) is 5.67 Å². The highest BCUT2D eigenvalue weighted by molar-refractivity contribution is 8.00. The number of amides is 1. The zero-order valence-electron chi connectivity index (χ0n) is 16.9. The second-order valence-electron chi connectivity index (χ2n) is 7.02. The zero-order chi connectivity index (χ0) is 27.3. The number of anilines is 1. The van der Waals surface area contributed by atoms with Crippen molar-refractivity contribution in [2.75, 3.05) is 5.06 Å². The van der Waals surface area contributed by atoms with Gasteiger partial charge >= 0.3 is 23.5 Å². The van der Waals surface area contributed by atoms with Crippen molar-refractivity contribution in [3.8, 4) is 0 Å². The van der Waals surface area contributed by atoms with Crippen LogP contribution < -0.4 is 5.06 Å². The van der Waals surface area contributed by atoms with Crippen molar-refractivity contribution in [3.05, 3.63) is 70.0 Å². The van der Waals surface area contributed by atoms with Crippen molar-refractivity contribution in [3.63, 3.8) is 0 Å². The van der Waals surface area contributed by atoms with E-state index in [0.29, 0.717) is 5.39 Å². The number of hydrogen-bond acceptors (Lipinski definition) is 4. The largest absolute Gasteiger partial charge is 0.751 e. The molecule has 0 radical (unpaired) electrons. The fourth-order valence-corrected chi connectivity index (χ4v) is 4.16. The average molecular weight is 566 g/mol. The van der Waals surface area contributed by atoms with E-state index in [1.807, 2.05) is 0 Å². The summed E-state index contributed by atoms with van der Waals surface area (Å²) in [5.74, 6) is -1.57. The Morgan fingerprint density at radius 1 is 0.917 bits per heavy atom. The molecule has 1 heterocycles. The quantitative estimate of drug-likeness (QED) is 0.183. The first-order chi connectivity index (χ1) is 16.4. The van der Waals surface area contributed by atoms with E-state index in [4.69, 9.17) is 11.6 Å². The first kappa shape index (κ1) is 27.8. The standard InChI is InChI=1S/C20H8ClF10N2O2S/c21-12-7-11(17(22,18(23,24)25)19(26,27)28)8-14(36-20(29,30)31)15(12)33(35)16(34)10-4-3-9-2-1-5-32-13(9)6-10/h1-8H/q-1. The molecule has 3 rings (SSSR count). The summed E-state index contributed by atoms with van der Waals surface area (Å²) < 4.78 is 132. The van der Waals surface area contributed by atoms with Gasteiger partial charge in [0, 0.05) is 27.6 Å². The van der Waals surface area contributed by atoms with Crippen LogP contribution in [0.5, 0.6) is 0 Å². The Labute approximate surface area is 203 Å². The molecule has 3 aromatic rings. The summed E-state index contributed by atoms with van der Waals surface area (Å²) in [7, 11) is 0. The van der Waals surface area contributed by atoms with E-state index in [1.165, 1.54) is 12.3 Å². The molecule has 0 N–H and O–H groups in total. The number of fused-ring (bicyclic) bond motifs is 1. The Morgan fingerprint density at radius 2 is 1.53 bits per heavy atom. The molecule has 0 aliphatic heterocycles. The molecule has 0 atom stereocenters. The summed E-state index contributed by atoms with van der Waals surface area (Å²) in [6, 6.07) is 5.81. The number of halogens is 11. The second kappa shape index (κ2) is 9.27. The molecule has 0 saturated carbocycles. The normalized spacial score (nSPS) is 13.2. The average Bonchev–Trinajstić information content (AvgIpc) is 2.74. The molecule has 2 aromatic carbocycles. The summed E-state index contributed by atoms with van der Waals surface area (Å²) in [5, 5.41) is 11.0. The highest BCUT2D eigenvalue weighted by Crippen LogP contribution is 2.56. The summed E-state index contributed by atoms with van der Waals surface area (Å²) in [6.45, 7) is 0. The number of thioether (sulfide) groups is 1. The lowest BCUT2D eigenvalue weighted by Crippen LogP contribution is -2.50. The van der Waals surface area contributed by atoms with E-state index in [1.54, 1.807) is 12.1 Å². The van der Waals surface area contributed by atoms with Gasteiger partial charge in [0.15, 0.2) is 0 Å². The number of rotatable bonds is 4. The van der Waals surface area contributed by atoms with E-state index in [9.17, 15) is 53.9 Å². The maximum atomic E-state index is 14.5. The van der Waals surface area contributed by atoms with E-state index >= 15 is 0 Å². The first-order valence-corrected chi connectivity index (χ1v) is 10.3. The Hall–Kier alpha value is -2.78. The maximum Gasteiger partial charge on any atom is 0.446 e. The monoisotopic (exact) mass is 565 g/mol. The Bertz CT molecular complexity index is 1300. The zero-order valence-corrected chi connectivity index (χ0v) is 18.5. The van der Waals surface area contributed by atoms with Gasteiger partial charge < -0.3 is 10.3 Å². The van der Waals surface area contributed by atoms with Crippen molar-refractivity contribution >= 4 is 45.9 Å². The van der Waals surface area contributed by atoms with E-state index in [0.717, 1.165) is 12.1 Å². The first-order valence-electron chi connectivity index (χ1n) is 9.15. The number of aromatic nitrogens is 1. The smallest absolute Gasteiger partial charge is 0.446 e. The van der Waals surface area contributed by atoms with Gasteiger partial charge in [0.05, 0.1) is 16.2 Å². The lowest BCUT2D eigenvalue weighted by molar-refractivity contribution is -0.348. The SMILES string of the molecule is O=C(c1ccc2cccnc2c1)N([O-])c1c(Cl)cc(C(F)(C(F)(F)F)C(F)(F)F)cc1SC(F)(F)F. The summed E-state index contributed by atoms with van der Waals surface area (Å²) in [6.07, 6.45) is -12.0. The molecule has 0 aliphatic carbocycles. The summed E-state index contributed by atoms with van der Waals surface area (Å²) in [4.78, 5) is 14.9. The maximum absolute atomic E-state index is 14.5. The van der Waals surface area contributed by atoms with Crippen LogP contribution in [0.2, 0.25) is 5.02 Å². The highest BCUT2D eigenvalue weighted by Gasteiger charge is 2.73. The number of hydroxylamine groups is 1. The van der Waals surface area contributed by atoms with E-state index in [-0.39, 0.29) is 11.6 Å². The van der Waals surface area contributed by atoms with Crippen molar-refractivity contribution in [1.29, 1.82) is 0 Å². The lowest BCUT2D eigenvalue weighted by atomic mass is 9.94. The van der Waals surface area contributed by atoms with Crippen LogP contribution >= 0.6 is 23.4 Å². The van der Waals surface area contributed by atoms with Crippen LogP contribution in [0.4, 0.5) is 49.6 Å². The van der Waals surface area contributed by atoms with E-state index in [2.05, 4.69) is 4.98 Å². The van der Waals surface area contributed by atoms with Crippen molar-refractivity contribution in [1.82, 2.24) is 4.98 Å². The molecule has 4 nitrogen and oxygen atoms in total. The van der Waals surface area contributed by atoms with Gasteiger partial charge in [0.2, 0.25) is 5.91 Å². The topological polar surface area (TPSA) is 56.3 Å². The predicted octanol–water partition coefficient (Wildman–Crippen LogP) is 7.93. The minimum Gasteiger partial charge on any atom is -0.751 e. The molecule has 0 fully saturated rings. The fourth-order valence-electron chi connectivity index (χ4n) is 3.08. The predicted molar refractivity (Wildman–Crippen MR) is 110 cm³/mol. The van der Waals surface area contributed by atoms with Crippen LogP contribution in [0.25, 0.3) is 10.9 Å². The molecule has 0 unspecified atom stereocenters. The molecule has 16 heteroatoms. The van der Waals surface area contributed by atoms with Gasteiger partial charge in [-0.25, -0.2) is 4.39 Å². The number of benzene rings is 2.